The van der Waals surface area contributed by atoms with Crippen molar-refractivity contribution in [3.63, 3.8) is 0 Å². The van der Waals surface area contributed by atoms with Crippen LogP contribution in [0, 0.1) is 29.6 Å². The van der Waals surface area contributed by atoms with Gasteiger partial charge in [-0.15, -0.1) is 0 Å². The molecule has 0 N–H and O–H groups in total. The third kappa shape index (κ3) is 4.11. The Hall–Kier alpha value is 0. The molecule has 0 aromatic heterocycles. The molecule has 0 heterocycles. The van der Waals surface area contributed by atoms with Gasteiger partial charge in [0.05, 0.1) is 0 Å². The summed E-state index contributed by atoms with van der Waals surface area (Å²) < 4.78 is 0. The predicted molar refractivity (Wildman–Crippen MR) is 73.5 cm³/mol. The van der Waals surface area contributed by atoms with Crippen LogP contribution in [0.4, 0.5) is 0 Å². The molecule has 16 heavy (non-hydrogen) atoms. The standard InChI is InChI=1S/C16H32/c1-6-7-15(10-12(2)3)14(5)11-16-9-8-13(16)4/h12-16H,6-11H2,1-5H3. The van der Waals surface area contributed by atoms with Gasteiger partial charge in [-0.3, -0.25) is 0 Å². The molecular weight excluding hydrogens is 192 g/mol. The summed E-state index contributed by atoms with van der Waals surface area (Å²) in [5.74, 6) is 4.89. The zero-order valence-corrected chi connectivity index (χ0v) is 12.1. The minimum Gasteiger partial charge on any atom is -0.0654 e. The molecule has 1 aliphatic rings. The van der Waals surface area contributed by atoms with Gasteiger partial charge < -0.3 is 0 Å². The van der Waals surface area contributed by atoms with Crippen molar-refractivity contribution in [3.05, 3.63) is 0 Å². The van der Waals surface area contributed by atoms with Crippen molar-refractivity contribution in [2.24, 2.45) is 29.6 Å². The second-order valence-corrected chi connectivity index (χ2v) is 6.71. The summed E-state index contributed by atoms with van der Waals surface area (Å²) in [6, 6.07) is 0. The fourth-order valence-electron chi connectivity index (χ4n) is 3.37. The summed E-state index contributed by atoms with van der Waals surface area (Å²) in [5, 5.41) is 0. The van der Waals surface area contributed by atoms with Crippen molar-refractivity contribution >= 4 is 0 Å². The molecule has 96 valence electrons. The van der Waals surface area contributed by atoms with E-state index >= 15 is 0 Å². The molecule has 1 rings (SSSR count). The fraction of sp³-hybridized carbons (Fsp3) is 1.00. The van der Waals surface area contributed by atoms with Crippen LogP contribution in [0.3, 0.4) is 0 Å². The molecule has 0 nitrogen and oxygen atoms in total. The highest BCUT2D eigenvalue weighted by Gasteiger charge is 2.30. The first kappa shape index (κ1) is 14.1. The molecule has 4 unspecified atom stereocenters. The maximum Gasteiger partial charge on any atom is -0.0386 e. The van der Waals surface area contributed by atoms with E-state index in [0.29, 0.717) is 0 Å². The quantitative estimate of drug-likeness (QED) is 0.534. The zero-order chi connectivity index (χ0) is 12.1. The van der Waals surface area contributed by atoms with Gasteiger partial charge in [-0.25, -0.2) is 0 Å². The normalized spacial score (nSPS) is 28.9. The molecule has 1 saturated carbocycles. The fourth-order valence-corrected chi connectivity index (χ4v) is 3.37. The summed E-state index contributed by atoms with van der Waals surface area (Å²) in [7, 11) is 0. The molecular formula is C16H32. The van der Waals surface area contributed by atoms with E-state index < -0.39 is 0 Å². The van der Waals surface area contributed by atoms with Gasteiger partial charge in [0.25, 0.3) is 0 Å². The van der Waals surface area contributed by atoms with E-state index in [-0.39, 0.29) is 0 Å². The van der Waals surface area contributed by atoms with E-state index in [1.807, 2.05) is 0 Å². The highest BCUT2D eigenvalue weighted by Crippen LogP contribution is 2.41. The predicted octanol–water partition coefficient (Wildman–Crippen LogP) is 5.52. The van der Waals surface area contributed by atoms with Gasteiger partial charge in [0.1, 0.15) is 0 Å². The third-order valence-electron chi connectivity index (χ3n) is 4.71. The van der Waals surface area contributed by atoms with Gasteiger partial charge in [0.15, 0.2) is 0 Å². The van der Waals surface area contributed by atoms with Crippen LogP contribution in [0.1, 0.15) is 73.1 Å². The Kier molecular flexibility index (Phi) is 5.86. The SMILES string of the molecule is CCCC(CC(C)C)C(C)CC1CCC1C. The van der Waals surface area contributed by atoms with E-state index in [4.69, 9.17) is 0 Å². The largest absolute Gasteiger partial charge is 0.0654 e. The molecule has 1 fully saturated rings. The molecule has 4 atom stereocenters. The summed E-state index contributed by atoms with van der Waals surface area (Å²) in [4.78, 5) is 0. The maximum atomic E-state index is 2.51. The highest BCUT2D eigenvalue weighted by molar-refractivity contribution is 4.81. The van der Waals surface area contributed by atoms with Gasteiger partial charge >= 0.3 is 0 Å². The topological polar surface area (TPSA) is 0 Å². The van der Waals surface area contributed by atoms with Gasteiger partial charge in [-0.2, -0.15) is 0 Å². The van der Waals surface area contributed by atoms with Crippen LogP contribution >= 0.6 is 0 Å². The molecule has 0 aromatic carbocycles. The molecule has 0 aliphatic heterocycles. The Labute approximate surface area is 103 Å². The van der Waals surface area contributed by atoms with E-state index in [1.54, 1.807) is 0 Å². The molecule has 1 aliphatic carbocycles. The first-order valence-corrected chi connectivity index (χ1v) is 7.54. The second-order valence-electron chi connectivity index (χ2n) is 6.71. The van der Waals surface area contributed by atoms with E-state index in [0.717, 1.165) is 29.6 Å². The van der Waals surface area contributed by atoms with Crippen molar-refractivity contribution in [2.45, 2.75) is 73.1 Å². The first-order valence-electron chi connectivity index (χ1n) is 7.54. The number of rotatable bonds is 7. The molecule has 0 saturated heterocycles. The molecule has 0 amide bonds. The minimum atomic E-state index is 0.873. The Morgan fingerprint density at radius 2 is 1.81 bits per heavy atom. The van der Waals surface area contributed by atoms with Crippen molar-refractivity contribution in [1.82, 2.24) is 0 Å². The van der Waals surface area contributed by atoms with Crippen LogP contribution in [-0.2, 0) is 0 Å². The van der Waals surface area contributed by atoms with Crippen LogP contribution in [-0.4, -0.2) is 0 Å². The summed E-state index contributed by atoms with van der Waals surface area (Å²) in [5.41, 5.74) is 0. The van der Waals surface area contributed by atoms with Crippen LogP contribution in [0.2, 0.25) is 0 Å². The lowest BCUT2D eigenvalue weighted by Crippen LogP contribution is -2.27. The Morgan fingerprint density at radius 3 is 2.19 bits per heavy atom. The van der Waals surface area contributed by atoms with Gasteiger partial charge in [-0.05, 0) is 48.9 Å². The molecule has 0 spiro atoms. The van der Waals surface area contributed by atoms with Crippen LogP contribution in [0.15, 0.2) is 0 Å². The van der Waals surface area contributed by atoms with Crippen molar-refractivity contribution < 1.29 is 0 Å². The number of hydrogen-bond acceptors (Lipinski definition) is 0. The van der Waals surface area contributed by atoms with E-state index in [1.165, 1.54) is 38.5 Å². The van der Waals surface area contributed by atoms with Crippen LogP contribution in [0.25, 0.3) is 0 Å². The summed E-state index contributed by atoms with van der Waals surface area (Å²) in [6.07, 6.45) is 8.74. The third-order valence-corrected chi connectivity index (χ3v) is 4.71. The van der Waals surface area contributed by atoms with Gasteiger partial charge in [0, 0.05) is 0 Å². The molecule has 0 heteroatoms. The lowest BCUT2D eigenvalue weighted by Gasteiger charge is -2.38. The maximum absolute atomic E-state index is 2.51. The summed E-state index contributed by atoms with van der Waals surface area (Å²) >= 11 is 0. The number of hydrogen-bond donors (Lipinski definition) is 0. The monoisotopic (exact) mass is 224 g/mol. The van der Waals surface area contributed by atoms with E-state index in [9.17, 15) is 0 Å². The minimum absolute atomic E-state index is 0.873. The van der Waals surface area contributed by atoms with Crippen LogP contribution in [0.5, 0.6) is 0 Å². The lowest BCUT2D eigenvalue weighted by atomic mass is 9.68. The Bertz CT molecular complexity index is 182. The molecule has 0 aromatic rings. The van der Waals surface area contributed by atoms with Crippen molar-refractivity contribution in [2.75, 3.05) is 0 Å². The van der Waals surface area contributed by atoms with Crippen molar-refractivity contribution in [1.29, 1.82) is 0 Å². The highest BCUT2D eigenvalue weighted by atomic mass is 14.4. The lowest BCUT2D eigenvalue weighted by molar-refractivity contribution is 0.131. The Morgan fingerprint density at radius 1 is 1.12 bits per heavy atom. The molecule has 0 bridgehead atoms. The Balaban J connectivity index is 2.36. The van der Waals surface area contributed by atoms with Gasteiger partial charge in [-0.1, -0.05) is 53.9 Å². The van der Waals surface area contributed by atoms with Crippen molar-refractivity contribution in [3.8, 4) is 0 Å². The average molecular weight is 224 g/mol. The van der Waals surface area contributed by atoms with Gasteiger partial charge in [0.2, 0.25) is 0 Å². The summed E-state index contributed by atoms with van der Waals surface area (Å²) in [6.45, 7) is 12.0. The molecule has 0 radical (unpaired) electrons. The average Bonchev–Trinajstić information content (AvgIpc) is 2.22. The smallest absolute Gasteiger partial charge is 0.0386 e. The van der Waals surface area contributed by atoms with E-state index in [2.05, 4.69) is 34.6 Å². The zero-order valence-electron chi connectivity index (χ0n) is 12.1. The first-order chi connectivity index (χ1) is 7.54. The van der Waals surface area contributed by atoms with Crippen LogP contribution < -0.4 is 0 Å². The second kappa shape index (κ2) is 6.67.